The lowest BCUT2D eigenvalue weighted by Gasteiger charge is -2.32. The minimum atomic E-state index is 0.281. The smallest absolute Gasteiger partial charge is 0.0518 e. The summed E-state index contributed by atoms with van der Waals surface area (Å²) in [6, 6.07) is 0. The van der Waals surface area contributed by atoms with Gasteiger partial charge in [-0.25, -0.2) is 0 Å². The second-order valence-electron chi connectivity index (χ2n) is 3.71. The van der Waals surface area contributed by atoms with Gasteiger partial charge in [0.1, 0.15) is 0 Å². The van der Waals surface area contributed by atoms with Gasteiger partial charge in [0.05, 0.1) is 6.61 Å². The lowest BCUT2D eigenvalue weighted by Crippen LogP contribution is -2.33. The number of aliphatic hydroxyl groups excluding tert-OH is 1. The fourth-order valence-electron chi connectivity index (χ4n) is 1.88. The molecule has 1 saturated heterocycles. The maximum absolute atomic E-state index is 9.03. The largest absolute Gasteiger partial charge is 0.396 e. The first-order chi connectivity index (χ1) is 5.25. The fourth-order valence-corrected chi connectivity index (χ4v) is 1.88. The number of hydrogen-bond donors (Lipinski definition) is 1. The Hall–Kier alpha value is -0.0800. The molecule has 0 spiro atoms. The monoisotopic (exact) mass is 158 g/mol. The van der Waals surface area contributed by atoms with Crippen LogP contribution in [-0.2, 0) is 4.74 Å². The summed E-state index contributed by atoms with van der Waals surface area (Å²) in [5.41, 5.74) is 0. The molecule has 11 heavy (non-hydrogen) atoms. The average Bonchev–Trinajstić information content (AvgIpc) is 2.04. The lowest BCUT2D eigenvalue weighted by atomic mass is 9.81. The van der Waals surface area contributed by atoms with E-state index in [0.29, 0.717) is 17.8 Å². The van der Waals surface area contributed by atoms with E-state index in [1.807, 2.05) is 0 Å². The highest BCUT2D eigenvalue weighted by molar-refractivity contribution is 4.75. The Morgan fingerprint density at radius 3 is 2.73 bits per heavy atom. The second kappa shape index (κ2) is 4.07. The summed E-state index contributed by atoms with van der Waals surface area (Å²) in [7, 11) is 0. The van der Waals surface area contributed by atoms with E-state index in [0.717, 1.165) is 19.6 Å². The second-order valence-corrected chi connectivity index (χ2v) is 3.71. The molecule has 0 bridgehead atoms. The van der Waals surface area contributed by atoms with Crippen molar-refractivity contribution in [3.63, 3.8) is 0 Å². The van der Waals surface area contributed by atoms with Gasteiger partial charge in [0, 0.05) is 19.1 Å². The molecular weight excluding hydrogens is 140 g/mol. The van der Waals surface area contributed by atoms with E-state index in [1.165, 1.54) is 0 Å². The predicted molar refractivity (Wildman–Crippen MR) is 44.3 cm³/mol. The number of hydrogen-bond acceptors (Lipinski definition) is 2. The van der Waals surface area contributed by atoms with Gasteiger partial charge in [-0.2, -0.15) is 0 Å². The molecule has 0 aromatic carbocycles. The summed E-state index contributed by atoms with van der Waals surface area (Å²) < 4.78 is 5.29. The highest BCUT2D eigenvalue weighted by Crippen LogP contribution is 2.27. The van der Waals surface area contributed by atoms with Crippen LogP contribution in [0.25, 0.3) is 0 Å². The third kappa shape index (κ3) is 2.17. The quantitative estimate of drug-likeness (QED) is 0.656. The lowest BCUT2D eigenvalue weighted by molar-refractivity contribution is -0.0214. The van der Waals surface area contributed by atoms with Gasteiger partial charge in [-0.05, 0) is 18.3 Å². The van der Waals surface area contributed by atoms with Crippen LogP contribution in [0, 0.1) is 17.8 Å². The van der Waals surface area contributed by atoms with Crippen molar-refractivity contribution >= 4 is 0 Å². The molecule has 66 valence electrons. The first-order valence-electron chi connectivity index (χ1n) is 4.44. The molecule has 0 aromatic heterocycles. The van der Waals surface area contributed by atoms with Crippen molar-refractivity contribution in [2.45, 2.75) is 20.3 Å². The van der Waals surface area contributed by atoms with E-state index < -0.39 is 0 Å². The van der Waals surface area contributed by atoms with Gasteiger partial charge in [-0.3, -0.25) is 0 Å². The molecule has 2 atom stereocenters. The molecule has 0 aliphatic carbocycles. The van der Waals surface area contributed by atoms with Crippen molar-refractivity contribution in [3.05, 3.63) is 0 Å². The van der Waals surface area contributed by atoms with Crippen molar-refractivity contribution < 1.29 is 9.84 Å². The van der Waals surface area contributed by atoms with Crippen molar-refractivity contribution in [2.75, 3.05) is 19.8 Å². The molecule has 1 fully saturated rings. The van der Waals surface area contributed by atoms with Crippen LogP contribution in [0.3, 0.4) is 0 Å². The molecule has 1 N–H and O–H groups in total. The van der Waals surface area contributed by atoms with Crippen LogP contribution in [-0.4, -0.2) is 24.9 Å². The van der Waals surface area contributed by atoms with Crippen molar-refractivity contribution in [1.82, 2.24) is 0 Å². The van der Waals surface area contributed by atoms with Gasteiger partial charge >= 0.3 is 0 Å². The topological polar surface area (TPSA) is 29.5 Å². The maximum atomic E-state index is 9.03. The summed E-state index contributed by atoms with van der Waals surface area (Å²) in [5.74, 6) is 1.72. The van der Waals surface area contributed by atoms with Crippen molar-refractivity contribution in [2.24, 2.45) is 17.8 Å². The number of ether oxygens (including phenoxy) is 1. The Balaban J connectivity index is 2.44. The summed E-state index contributed by atoms with van der Waals surface area (Å²) in [6.07, 6.45) is 1.11. The molecule has 0 saturated carbocycles. The first-order valence-corrected chi connectivity index (χ1v) is 4.44. The summed E-state index contributed by atoms with van der Waals surface area (Å²) >= 11 is 0. The first kappa shape index (κ1) is 9.01. The van der Waals surface area contributed by atoms with Gasteiger partial charge in [0.15, 0.2) is 0 Å². The SMILES string of the molecule is CC(C)C1CCOCC1CO. The summed E-state index contributed by atoms with van der Waals surface area (Å²) in [6.45, 7) is 6.35. The van der Waals surface area contributed by atoms with E-state index >= 15 is 0 Å². The van der Waals surface area contributed by atoms with E-state index in [-0.39, 0.29) is 6.61 Å². The Morgan fingerprint density at radius 2 is 2.27 bits per heavy atom. The van der Waals surface area contributed by atoms with Crippen LogP contribution >= 0.6 is 0 Å². The molecule has 0 amide bonds. The van der Waals surface area contributed by atoms with Gasteiger partial charge in [-0.1, -0.05) is 13.8 Å². The molecular formula is C9H18O2. The standard InChI is InChI=1S/C9H18O2/c1-7(2)9-3-4-11-6-8(9)5-10/h7-10H,3-6H2,1-2H3. The van der Waals surface area contributed by atoms with Crippen LogP contribution in [0.4, 0.5) is 0 Å². The third-order valence-corrected chi connectivity index (χ3v) is 2.62. The Morgan fingerprint density at radius 1 is 1.55 bits per heavy atom. The highest BCUT2D eigenvalue weighted by Gasteiger charge is 2.27. The van der Waals surface area contributed by atoms with Crippen molar-refractivity contribution in [1.29, 1.82) is 0 Å². The number of rotatable bonds is 2. The fraction of sp³-hybridized carbons (Fsp3) is 1.00. The van der Waals surface area contributed by atoms with Crippen LogP contribution in [0.15, 0.2) is 0 Å². The Kier molecular flexibility index (Phi) is 3.34. The molecule has 0 aromatic rings. The third-order valence-electron chi connectivity index (χ3n) is 2.62. The van der Waals surface area contributed by atoms with Gasteiger partial charge in [0.2, 0.25) is 0 Å². The summed E-state index contributed by atoms with van der Waals surface area (Å²) in [4.78, 5) is 0. The molecule has 2 heteroatoms. The average molecular weight is 158 g/mol. The normalized spacial score (nSPS) is 32.7. The van der Waals surface area contributed by atoms with Gasteiger partial charge in [-0.15, -0.1) is 0 Å². The number of aliphatic hydroxyl groups is 1. The minimum absolute atomic E-state index is 0.281. The van der Waals surface area contributed by atoms with Crippen molar-refractivity contribution in [3.8, 4) is 0 Å². The molecule has 0 radical (unpaired) electrons. The Labute approximate surface area is 68.6 Å². The van der Waals surface area contributed by atoms with E-state index in [4.69, 9.17) is 9.84 Å². The van der Waals surface area contributed by atoms with E-state index in [2.05, 4.69) is 13.8 Å². The predicted octanol–water partition coefficient (Wildman–Crippen LogP) is 1.29. The molecule has 1 heterocycles. The minimum Gasteiger partial charge on any atom is -0.396 e. The molecule has 2 unspecified atom stereocenters. The van der Waals surface area contributed by atoms with Crippen LogP contribution < -0.4 is 0 Å². The van der Waals surface area contributed by atoms with Crippen LogP contribution in [0.5, 0.6) is 0 Å². The van der Waals surface area contributed by atoms with Gasteiger partial charge < -0.3 is 9.84 Å². The zero-order chi connectivity index (χ0) is 8.27. The van der Waals surface area contributed by atoms with E-state index in [9.17, 15) is 0 Å². The zero-order valence-electron chi connectivity index (χ0n) is 7.42. The van der Waals surface area contributed by atoms with E-state index in [1.54, 1.807) is 0 Å². The highest BCUT2D eigenvalue weighted by atomic mass is 16.5. The maximum Gasteiger partial charge on any atom is 0.0518 e. The molecule has 1 rings (SSSR count). The zero-order valence-corrected chi connectivity index (χ0v) is 7.42. The van der Waals surface area contributed by atoms with Crippen LogP contribution in [0.1, 0.15) is 20.3 Å². The van der Waals surface area contributed by atoms with Gasteiger partial charge in [0.25, 0.3) is 0 Å². The molecule has 2 nitrogen and oxygen atoms in total. The summed E-state index contributed by atoms with van der Waals surface area (Å²) in [5, 5.41) is 9.03. The molecule has 1 aliphatic heterocycles. The van der Waals surface area contributed by atoms with Crippen LogP contribution in [0.2, 0.25) is 0 Å². The Bertz CT molecular complexity index is 112. The molecule has 1 aliphatic rings.